The molecule has 130 valence electrons. The summed E-state index contributed by atoms with van der Waals surface area (Å²) < 4.78 is 1.76. The van der Waals surface area contributed by atoms with Crippen molar-refractivity contribution in [3.63, 3.8) is 0 Å². The predicted molar refractivity (Wildman–Crippen MR) is 96.3 cm³/mol. The number of rotatable bonds is 4. The van der Waals surface area contributed by atoms with E-state index in [2.05, 4.69) is 21.4 Å². The first-order chi connectivity index (χ1) is 12.7. The van der Waals surface area contributed by atoms with E-state index in [-0.39, 0.29) is 17.9 Å². The number of hydrogen-bond donors (Lipinski definition) is 1. The minimum Gasteiger partial charge on any atom is -0.367 e. The van der Waals surface area contributed by atoms with E-state index in [1.807, 2.05) is 43.6 Å². The maximum Gasteiger partial charge on any atom is 0.223 e. The van der Waals surface area contributed by atoms with Crippen LogP contribution in [0.3, 0.4) is 0 Å². The summed E-state index contributed by atoms with van der Waals surface area (Å²) in [6.45, 7) is 0.550. The zero-order valence-electron chi connectivity index (χ0n) is 14.3. The van der Waals surface area contributed by atoms with Crippen LogP contribution in [-0.4, -0.2) is 38.8 Å². The first kappa shape index (κ1) is 16.1. The number of aromatic nitrogens is 3. The minimum atomic E-state index is -0.0359. The Morgan fingerprint density at radius 1 is 1.35 bits per heavy atom. The molecule has 4 rings (SSSR count). The van der Waals surface area contributed by atoms with Crippen molar-refractivity contribution in [2.45, 2.75) is 12.5 Å². The van der Waals surface area contributed by atoms with Crippen LogP contribution in [0.4, 0.5) is 5.82 Å². The van der Waals surface area contributed by atoms with Crippen LogP contribution in [0, 0.1) is 17.2 Å². The number of likely N-dealkylation sites (tertiary alicyclic amines) is 1. The van der Waals surface area contributed by atoms with E-state index in [1.54, 1.807) is 21.7 Å². The van der Waals surface area contributed by atoms with Crippen LogP contribution < -0.4 is 5.32 Å². The highest BCUT2D eigenvalue weighted by atomic mass is 16.2. The highest BCUT2D eigenvalue weighted by Gasteiger charge is 2.38. The van der Waals surface area contributed by atoms with Crippen molar-refractivity contribution in [3.05, 3.63) is 60.2 Å². The summed E-state index contributed by atoms with van der Waals surface area (Å²) in [6.07, 6.45) is 5.80. The average Bonchev–Trinajstić information content (AvgIpc) is 3.17. The summed E-state index contributed by atoms with van der Waals surface area (Å²) in [5.41, 5.74) is 2.20. The molecule has 3 aromatic heterocycles. The number of imidazole rings is 1. The first-order valence-electron chi connectivity index (χ1n) is 8.45. The quantitative estimate of drug-likeness (QED) is 0.783. The summed E-state index contributed by atoms with van der Waals surface area (Å²) in [6, 6.07) is 11.6. The molecule has 2 atom stereocenters. The Morgan fingerprint density at radius 3 is 3.00 bits per heavy atom. The van der Waals surface area contributed by atoms with Crippen molar-refractivity contribution in [1.29, 1.82) is 5.26 Å². The number of nitrogens with one attached hydrogen (secondary N) is 1. The van der Waals surface area contributed by atoms with Crippen LogP contribution in [-0.2, 0) is 4.79 Å². The molecule has 0 radical (unpaired) electrons. The van der Waals surface area contributed by atoms with E-state index in [0.29, 0.717) is 24.5 Å². The minimum absolute atomic E-state index is 0.0359. The smallest absolute Gasteiger partial charge is 0.223 e. The zero-order chi connectivity index (χ0) is 18.1. The van der Waals surface area contributed by atoms with Gasteiger partial charge in [-0.2, -0.15) is 5.26 Å². The molecule has 0 aromatic carbocycles. The molecule has 0 spiro atoms. The molecule has 0 bridgehead atoms. The SMILES string of the molecule is CN1C(=O)C[C@@H](CNc2nc3ccccn3c2C#N)[C@@H]1c1cccnc1. The van der Waals surface area contributed by atoms with Crippen LogP contribution in [0.1, 0.15) is 23.7 Å². The van der Waals surface area contributed by atoms with E-state index in [0.717, 1.165) is 11.2 Å². The maximum atomic E-state index is 12.2. The zero-order valence-corrected chi connectivity index (χ0v) is 14.3. The van der Waals surface area contributed by atoms with Crippen LogP contribution >= 0.6 is 0 Å². The molecule has 1 aliphatic heterocycles. The summed E-state index contributed by atoms with van der Waals surface area (Å²) in [5, 5.41) is 12.8. The van der Waals surface area contributed by atoms with E-state index in [9.17, 15) is 10.1 Å². The molecule has 0 aliphatic carbocycles. The molecule has 0 saturated carbocycles. The van der Waals surface area contributed by atoms with Crippen molar-refractivity contribution < 1.29 is 4.79 Å². The number of carbonyl (C=O) groups is 1. The Bertz CT molecular complexity index is 990. The lowest BCUT2D eigenvalue weighted by Gasteiger charge is -2.25. The molecular weight excluding hydrogens is 328 g/mol. The second-order valence-electron chi connectivity index (χ2n) is 6.43. The Morgan fingerprint density at radius 2 is 2.23 bits per heavy atom. The first-order valence-corrected chi connectivity index (χ1v) is 8.45. The number of carbonyl (C=O) groups excluding carboxylic acids is 1. The van der Waals surface area contributed by atoms with Gasteiger partial charge >= 0.3 is 0 Å². The van der Waals surface area contributed by atoms with Crippen LogP contribution in [0.5, 0.6) is 0 Å². The van der Waals surface area contributed by atoms with Gasteiger partial charge in [0.15, 0.2) is 11.5 Å². The number of pyridine rings is 2. The van der Waals surface area contributed by atoms with Gasteiger partial charge in [-0.15, -0.1) is 0 Å². The summed E-state index contributed by atoms with van der Waals surface area (Å²) in [7, 11) is 1.83. The third-order valence-corrected chi connectivity index (χ3v) is 4.89. The summed E-state index contributed by atoms with van der Waals surface area (Å²) in [4.78, 5) is 22.7. The molecule has 26 heavy (non-hydrogen) atoms. The van der Waals surface area contributed by atoms with Gasteiger partial charge in [0.25, 0.3) is 0 Å². The molecule has 4 heterocycles. The molecule has 7 nitrogen and oxygen atoms in total. The highest BCUT2D eigenvalue weighted by molar-refractivity contribution is 5.79. The molecular formula is C19H18N6O. The van der Waals surface area contributed by atoms with Gasteiger partial charge in [-0.3, -0.25) is 14.2 Å². The van der Waals surface area contributed by atoms with Gasteiger partial charge in [0.2, 0.25) is 5.91 Å². The molecule has 1 aliphatic rings. The number of anilines is 1. The Balaban J connectivity index is 1.59. The number of fused-ring (bicyclic) bond motifs is 1. The largest absolute Gasteiger partial charge is 0.367 e. The maximum absolute atomic E-state index is 12.2. The van der Waals surface area contributed by atoms with Gasteiger partial charge in [0.05, 0.1) is 6.04 Å². The Kier molecular flexibility index (Phi) is 4.01. The summed E-state index contributed by atoms with van der Waals surface area (Å²) in [5.74, 6) is 0.736. The van der Waals surface area contributed by atoms with E-state index < -0.39 is 0 Å². The molecule has 7 heteroatoms. The fraction of sp³-hybridized carbons (Fsp3) is 0.263. The molecule has 3 aromatic rings. The van der Waals surface area contributed by atoms with Crippen molar-refractivity contribution in [2.75, 3.05) is 18.9 Å². The van der Waals surface area contributed by atoms with Crippen molar-refractivity contribution in [3.8, 4) is 6.07 Å². The fourth-order valence-electron chi connectivity index (χ4n) is 3.64. The number of nitriles is 1. The second kappa shape index (κ2) is 6.48. The lowest BCUT2D eigenvalue weighted by atomic mass is 9.94. The molecule has 0 unspecified atom stereocenters. The molecule has 1 N–H and O–H groups in total. The Hall–Kier alpha value is -3.40. The lowest BCUT2D eigenvalue weighted by molar-refractivity contribution is -0.127. The Labute approximate surface area is 150 Å². The van der Waals surface area contributed by atoms with Crippen LogP contribution in [0.15, 0.2) is 48.9 Å². The predicted octanol–water partition coefficient (Wildman–Crippen LogP) is 2.23. The topological polar surface area (TPSA) is 86.3 Å². The van der Waals surface area contributed by atoms with Crippen molar-refractivity contribution in [2.24, 2.45) is 5.92 Å². The molecule has 1 amide bonds. The molecule has 1 saturated heterocycles. The highest BCUT2D eigenvalue weighted by Crippen LogP contribution is 2.36. The van der Waals surface area contributed by atoms with Gasteiger partial charge in [-0.05, 0) is 23.8 Å². The second-order valence-corrected chi connectivity index (χ2v) is 6.43. The molecule has 1 fully saturated rings. The number of amides is 1. The van der Waals surface area contributed by atoms with E-state index in [1.165, 1.54) is 0 Å². The van der Waals surface area contributed by atoms with Gasteiger partial charge in [0, 0.05) is 44.5 Å². The van der Waals surface area contributed by atoms with Gasteiger partial charge in [0.1, 0.15) is 11.7 Å². The van der Waals surface area contributed by atoms with Gasteiger partial charge in [-0.25, -0.2) is 4.98 Å². The van der Waals surface area contributed by atoms with Crippen molar-refractivity contribution in [1.82, 2.24) is 19.3 Å². The lowest BCUT2D eigenvalue weighted by Crippen LogP contribution is -2.26. The third kappa shape index (κ3) is 2.65. The number of hydrogen-bond acceptors (Lipinski definition) is 5. The van der Waals surface area contributed by atoms with E-state index in [4.69, 9.17) is 0 Å². The van der Waals surface area contributed by atoms with Crippen LogP contribution in [0.25, 0.3) is 5.65 Å². The third-order valence-electron chi connectivity index (χ3n) is 4.89. The standard InChI is InChI=1S/C19H18N6O/c1-24-17(26)9-14(18(24)13-5-4-7-21-11-13)12-22-19-15(10-20)25-8-3-2-6-16(25)23-19/h2-8,11,14,18,22H,9,12H2,1H3/t14-,18-/m0/s1. The van der Waals surface area contributed by atoms with Crippen LogP contribution in [0.2, 0.25) is 0 Å². The van der Waals surface area contributed by atoms with Crippen molar-refractivity contribution >= 4 is 17.4 Å². The monoisotopic (exact) mass is 346 g/mol. The fourth-order valence-corrected chi connectivity index (χ4v) is 3.64. The normalized spacial score (nSPS) is 19.7. The average molecular weight is 346 g/mol. The van der Waals surface area contributed by atoms with Gasteiger partial charge in [-0.1, -0.05) is 12.1 Å². The summed E-state index contributed by atoms with van der Waals surface area (Å²) >= 11 is 0. The van der Waals surface area contributed by atoms with E-state index >= 15 is 0 Å². The number of nitrogens with zero attached hydrogens (tertiary/aromatic N) is 5. The van der Waals surface area contributed by atoms with Gasteiger partial charge < -0.3 is 10.2 Å².